The number of carbonyl (C=O) groups excluding carboxylic acids is 1. The van der Waals surface area contributed by atoms with Gasteiger partial charge in [0.25, 0.3) is 0 Å². The second-order valence-corrected chi connectivity index (χ2v) is 6.83. The second-order valence-electron chi connectivity index (χ2n) is 6.83. The van der Waals surface area contributed by atoms with E-state index in [0.29, 0.717) is 25.4 Å². The summed E-state index contributed by atoms with van der Waals surface area (Å²) in [7, 11) is 0. The van der Waals surface area contributed by atoms with Gasteiger partial charge >= 0.3 is 5.56 Å². The first-order valence-electron chi connectivity index (χ1n) is 8.72. The first kappa shape index (κ1) is 16.3. The van der Waals surface area contributed by atoms with E-state index in [2.05, 4.69) is 10.1 Å². The first-order chi connectivity index (χ1) is 12.1. The number of carbonyl (C=O) groups is 1. The van der Waals surface area contributed by atoms with Crippen LogP contribution in [0.5, 0.6) is 0 Å². The highest BCUT2D eigenvalue weighted by atomic mass is 19.1. The molecule has 7 nitrogen and oxygen atoms in total. The lowest BCUT2D eigenvalue weighted by atomic mass is 9.96. The number of rotatable bonds is 2. The van der Waals surface area contributed by atoms with Crippen molar-refractivity contribution in [3.8, 4) is 0 Å². The Balaban J connectivity index is 1.71. The minimum Gasteiger partial charge on any atom is -0.381 e. The molecule has 134 valence electrons. The summed E-state index contributed by atoms with van der Waals surface area (Å²) in [6.45, 7) is 3.25. The molecule has 0 saturated carbocycles. The summed E-state index contributed by atoms with van der Waals surface area (Å²) in [5.74, 6) is -0.848. The van der Waals surface area contributed by atoms with Crippen LogP contribution >= 0.6 is 0 Å². The third-order valence-electron chi connectivity index (χ3n) is 5.17. The molecular weight excluding hydrogens is 327 g/mol. The molecule has 0 aromatic carbocycles. The summed E-state index contributed by atoms with van der Waals surface area (Å²) in [4.78, 5) is 31.0. The Morgan fingerprint density at radius 1 is 1.40 bits per heavy atom. The normalized spacial score (nSPS) is 24.2. The van der Waals surface area contributed by atoms with Crippen LogP contribution in [-0.2, 0) is 9.53 Å². The van der Waals surface area contributed by atoms with Gasteiger partial charge in [-0.15, -0.1) is 0 Å². The molecule has 2 aromatic rings. The lowest BCUT2D eigenvalue weighted by Gasteiger charge is -2.36. The quantitative estimate of drug-likeness (QED) is 0.893. The molecule has 0 unspecified atom stereocenters. The minimum atomic E-state index is -0.856. The minimum absolute atomic E-state index is 0.0789. The summed E-state index contributed by atoms with van der Waals surface area (Å²) in [6.07, 6.45) is 3.52. The maximum atomic E-state index is 13.8. The molecule has 0 spiro atoms. The molecule has 2 aromatic heterocycles. The van der Waals surface area contributed by atoms with Crippen LogP contribution in [0.2, 0.25) is 0 Å². The first-order valence-corrected chi connectivity index (χ1v) is 8.72. The van der Waals surface area contributed by atoms with Gasteiger partial charge in [0.05, 0.1) is 30.0 Å². The van der Waals surface area contributed by atoms with Gasteiger partial charge in [-0.1, -0.05) is 0 Å². The van der Waals surface area contributed by atoms with Crippen LogP contribution in [0.1, 0.15) is 43.1 Å². The Morgan fingerprint density at radius 2 is 2.24 bits per heavy atom. The van der Waals surface area contributed by atoms with Crippen molar-refractivity contribution in [2.45, 2.75) is 38.6 Å². The molecule has 0 radical (unpaired) electrons. The number of aryl methyl sites for hydroxylation is 1. The third-order valence-corrected chi connectivity index (χ3v) is 5.17. The number of nitrogens with zero attached hydrogens (tertiary/aromatic N) is 3. The SMILES string of the molecule is Cc1nc2cc([C@@H]3CCCCN3C(=O)[C@@H]3CCOC3)[nH]n2c(=O)c1F. The van der Waals surface area contributed by atoms with E-state index >= 15 is 0 Å². The van der Waals surface area contributed by atoms with Crippen molar-refractivity contribution in [2.24, 2.45) is 5.92 Å². The summed E-state index contributed by atoms with van der Waals surface area (Å²) in [5.41, 5.74) is 0.435. The average Bonchev–Trinajstić information content (AvgIpc) is 3.29. The molecule has 1 amide bonds. The van der Waals surface area contributed by atoms with Crippen LogP contribution in [0.25, 0.3) is 5.65 Å². The summed E-state index contributed by atoms with van der Waals surface area (Å²) in [6, 6.07) is 1.60. The molecule has 2 fully saturated rings. The van der Waals surface area contributed by atoms with Crippen molar-refractivity contribution in [3.63, 3.8) is 0 Å². The Morgan fingerprint density at radius 3 is 3.00 bits per heavy atom. The highest BCUT2D eigenvalue weighted by molar-refractivity contribution is 5.79. The molecule has 2 aliphatic heterocycles. The predicted molar refractivity (Wildman–Crippen MR) is 87.7 cm³/mol. The third kappa shape index (κ3) is 2.74. The van der Waals surface area contributed by atoms with E-state index < -0.39 is 11.4 Å². The largest absolute Gasteiger partial charge is 0.381 e. The fraction of sp³-hybridized carbons (Fsp3) is 0.588. The van der Waals surface area contributed by atoms with Crippen molar-refractivity contribution < 1.29 is 13.9 Å². The lowest BCUT2D eigenvalue weighted by Crippen LogP contribution is -2.42. The molecule has 25 heavy (non-hydrogen) atoms. The molecule has 0 bridgehead atoms. The number of H-pyrrole nitrogens is 1. The van der Waals surface area contributed by atoms with E-state index in [-0.39, 0.29) is 23.6 Å². The molecule has 2 saturated heterocycles. The van der Waals surface area contributed by atoms with E-state index in [4.69, 9.17) is 4.74 Å². The van der Waals surface area contributed by atoms with Gasteiger partial charge in [0.15, 0.2) is 5.65 Å². The van der Waals surface area contributed by atoms with E-state index in [1.54, 1.807) is 6.07 Å². The standard InChI is InChI=1S/C17H21FN4O3/c1-10-15(18)17(24)22-14(19-10)8-12(20-22)13-4-2-3-6-21(13)16(23)11-5-7-25-9-11/h8,11,13,20H,2-7,9H2,1H3/t11-,13+/m1/s1. The maximum Gasteiger partial charge on any atom is 0.308 e. The van der Waals surface area contributed by atoms with Crippen molar-refractivity contribution >= 4 is 11.6 Å². The number of hydrogen-bond donors (Lipinski definition) is 1. The highest BCUT2D eigenvalue weighted by Gasteiger charge is 2.35. The fourth-order valence-corrected chi connectivity index (χ4v) is 3.79. The number of hydrogen-bond acceptors (Lipinski definition) is 4. The molecule has 4 rings (SSSR count). The molecule has 1 N–H and O–H groups in total. The van der Waals surface area contributed by atoms with Gasteiger partial charge in [-0.25, -0.2) is 4.98 Å². The number of fused-ring (bicyclic) bond motifs is 1. The summed E-state index contributed by atoms with van der Waals surface area (Å²) >= 11 is 0. The zero-order valence-electron chi connectivity index (χ0n) is 14.1. The van der Waals surface area contributed by atoms with Crippen molar-refractivity contribution in [1.29, 1.82) is 0 Å². The molecular formula is C17H21FN4O3. The van der Waals surface area contributed by atoms with Gasteiger partial charge in [0, 0.05) is 19.2 Å². The zero-order chi connectivity index (χ0) is 17.6. The van der Waals surface area contributed by atoms with Gasteiger partial charge in [-0.05, 0) is 32.6 Å². The van der Waals surface area contributed by atoms with E-state index in [1.165, 1.54) is 6.92 Å². The van der Waals surface area contributed by atoms with Crippen molar-refractivity contribution in [1.82, 2.24) is 19.5 Å². The molecule has 8 heteroatoms. The molecule has 4 heterocycles. The van der Waals surface area contributed by atoms with Gasteiger partial charge in [-0.3, -0.25) is 14.7 Å². The number of piperidine rings is 1. The number of aromatic nitrogens is 3. The van der Waals surface area contributed by atoms with Crippen molar-refractivity contribution in [2.75, 3.05) is 19.8 Å². The van der Waals surface area contributed by atoms with E-state index in [0.717, 1.165) is 35.9 Å². The smallest absolute Gasteiger partial charge is 0.308 e. The maximum absolute atomic E-state index is 13.8. The fourth-order valence-electron chi connectivity index (χ4n) is 3.79. The monoisotopic (exact) mass is 348 g/mol. The van der Waals surface area contributed by atoms with Gasteiger partial charge < -0.3 is 9.64 Å². The van der Waals surface area contributed by atoms with Crippen LogP contribution in [0.4, 0.5) is 4.39 Å². The summed E-state index contributed by atoms with van der Waals surface area (Å²) in [5, 5.41) is 2.95. The van der Waals surface area contributed by atoms with Gasteiger partial charge in [0.2, 0.25) is 11.7 Å². The lowest BCUT2D eigenvalue weighted by molar-refractivity contribution is -0.139. The number of aromatic amines is 1. The Kier molecular flexibility index (Phi) is 4.07. The van der Waals surface area contributed by atoms with Crippen LogP contribution in [0.15, 0.2) is 10.9 Å². The molecule has 2 aliphatic rings. The Bertz CT molecular complexity index is 869. The van der Waals surface area contributed by atoms with Crippen molar-refractivity contribution in [3.05, 3.63) is 33.6 Å². The highest BCUT2D eigenvalue weighted by Crippen LogP contribution is 2.32. The number of amides is 1. The average molecular weight is 348 g/mol. The van der Waals surface area contributed by atoms with E-state index in [1.807, 2.05) is 4.90 Å². The predicted octanol–water partition coefficient (Wildman–Crippen LogP) is 1.56. The molecule has 2 atom stereocenters. The topological polar surface area (TPSA) is 79.7 Å². The summed E-state index contributed by atoms with van der Waals surface area (Å²) < 4.78 is 20.3. The number of nitrogens with one attached hydrogen (secondary N) is 1. The van der Waals surface area contributed by atoms with Gasteiger partial charge in [-0.2, -0.15) is 8.91 Å². The Labute approximate surface area is 143 Å². The number of ether oxygens (including phenoxy) is 1. The van der Waals surface area contributed by atoms with Crippen LogP contribution < -0.4 is 5.56 Å². The van der Waals surface area contributed by atoms with Crippen LogP contribution in [0, 0.1) is 18.7 Å². The number of halogens is 1. The van der Waals surface area contributed by atoms with Gasteiger partial charge in [0.1, 0.15) is 0 Å². The van der Waals surface area contributed by atoms with Crippen LogP contribution in [0.3, 0.4) is 0 Å². The zero-order valence-corrected chi connectivity index (χ0v) is 14.1. The van der Waals surface area contributed by atoms with Crippen LogP contribution in [-0.4, -0.2) is 45.2 Å². The second kappa shape index (κ2) is 6.25. The number of likely N-dealkylation sites (tertiary alicyclic amines) is 1. The molecule has 0 aliphatic carbocycles. The Hall–Kier alpha value is -2.22. The van der Waals surface area contributed by atoms with E-state index in [9.17, 15) is 14.0 Å².